The van der Waals surface area contributed by atoms with E-state index in [1.165, 1.54) is 16.8 Å². The second-order valence-corrected chi connectivity index (χ2v) is 5.46. The first-order valence-electron chi connectivity index (χ1n) is 7.54. The molecule has 2 aromatic carbocycles. The van der Waals surface area contributed by atoms with E-state index in [0.29, 0.717) is 0 Å². The number of hydrogen-bond donors (Lipinski definition) is 0. The molecule has 0 saturated carbocycles. The molecule has 0 aromatic heterocycles. The highest BCUT2D eigenvalue weighted by Crippen LogP contribution is 2.13. The van der Waals surface area contributed by atoms with Gasteiger partial charge in [0, 0.05) is 19.8 Å². The van der Waals surface area contributed by atoms with Crippen molar-refractivity contribution in [2.75, 3.05) is 19.0 Å². The topological polar surface area (TPSA) is 15.6 Å². The van der Waals surface area contributed by atoms with Gasteiger partial charge in [-0.2, -0.15) is 0 Å². The number of nitrogens with zero attached hydrogens (tertiary/aromatic N) is 2. The molecule has 0 aliphatic heterocycles. The zero-order valence-electron chi connectivity index (χ0n) is 13.0. The third-order valence-electron chi connectivity index (χ3n) is 3.50. The van der Waals surface area contributed by atoms with Crippen LogP contribution in [0.1, 0.15) is 24.0 Å². The van der Waals surface area contributed by atoms with Gasteiger partial charge in [0.05, 0.1) is 6.54 Å². The minimum Gasteiger partial charge on any atom is -0.378 e. The van der Waals surface area contributed by atoms with Gasteiger partial charge in [-0.15, -0.1) is 0 Å². The van der Waals surface area contributed by atoms with Crippen molar-refractivity contribution in [2.45, 2.75) is 25.8 Å². The Labute approximate surface area is 128 Å². The van der Waals surface area contributed by atoms with Crippen LogP contribution in [-0.4, -0.2) is 20.3 Å². The first-order valence-corrected chi connectivity index (χ1v) is 7.54. The largest absolute Gasteiger partial charge is 0.378 e. The fraction of sp³-hybridized carbons (Fsp3) is 0.316. The highest BCUT2D eigenvalue weighted by atomic mass is 15.1. The predicted molar refractivity (Wildman–Crippen MR) is 92.3 cm³/mol. The molecule has 0 bridgehead atoms. The summed E-state index contributed by atoms with van der Waals surface area (Å²) in [6.07, 6.45) is 5.37. The molecular weight excluding hydrogens is 256 g/mol. The minimum absolute atomic E-state index is 0.790. The van der Waals surface area contributed by atoms with Crippen LogP contribution in [0.5, 0.6) is 0 Å². The predicted octanol–water partition coefficient (Wildman–Crippen LogP) is 4.35. The summed E-state index contributed by atoms with van der Waals surface area (Å²) in [6.45, 7) is 0.790. The van der Waals surface area contributed by atoms with Crippen LogP contribution in [0.2, 0.25) is 0 Å². The number of unbranched alkanes of at least 4 members (excludes halogenated alkanes) is 1. The molecule has 0 saturated heterocycles. The molecule has 2 heteroatoms. The van der Waals surface area contributed by atoms with E-state index < -0.39 is 0 Å². The van der Waals surface area contributed by atoms with E-state index in [9.17, 15) is 0 Å². The maximum atomic E-state index is 4.48. The van der Waals surface area contributed by atoms with Crippen LogP contribution in [-0.2, 0) is 13.0 Å². The third kappa shape index (κ3) is 5.42. The Kier molecular flexibility index (Phi) is 6.01. The maximum Gasteiger partial charge on any atom is 0.0635 e. The van der Waals surface area contributed by atoms with Gasteiger partial charge in [0.1, 0.15) is 0 Å². The number of aryl methyl sites for hydroxylation is 1. The summed E-state index contributed by atoms with van der Waals surface area (Å²) in [5, 5.41) is 0. The zero-order chi connectivity index (χ0) is 14.9. The molecule has 0 spiro atoms. The molecule has 0 unspecified atom stereocenters. The SMILES string of the molecule is CN(C)c1ccc(CCCC=NCc2ccccc2)cc1. The smallest absolute Gasteiger partial charge is 0.0635 e. The highest BCUT2D eigenvalue weighted by Gasteiger charge is 1.96. The van der Waals surface area contributed by atoms with Crippen LogP contribution in [0.15, 0.2) is 59.6 Å². The first-order chi connectivity index (χ1) is 10.3. The summed E-state index contributed by atoms with van der Waals surface area (Å²) >= 11 is 0. The average molecular weight is 280 g/mol. The Hall–Kier alpha value is -2.09. The monoisotopic (exact) mass is 280 g/mol. The standard InChI is InChI=1S/C19H24N2/c1-21(2)19-13-11-17(12-14-19)8-6-7-15-20-16-18-9-4-3-5-10-18/h3-5,9-15H,6-8,16H2,1-2H3. The molecule has 0 heterocycles. The van der Waals surface area contributed by atoms with Gasteiger partial charge in [0.25, 0.3) is 0 Å². The zero-order valence-corrected chi connectivity index (χ0v) is 13.0. The second-order valence-electron chi connectivity index (χ2n) is 5.46. The van der Waals surface area contributed by atoms with Crippen molar-refractivity contribution >= 4 is 11.9 Å². The van der Waals surface area contributed by atoms with Gasteiger partial charge < -0.3 is 4.90 Å². The number of rotatable bonds is 7. The van der Waals surface area contributed by atoms with Gasteiger partial charge in [0.15, 0.2) is 0 Å². The Morgan fingerprint density at radius 1 is 0.905 bits per heavy atom. The van der Waals surface area contributed by atoms with Crippen molar-refractivity contribution in [2.24, 2.45) is 4.99 Å². The van der Waals surface area contributed by atoms with Crippen LogP contribution in [0.25, 0.3) is 0 Å². The van der Waals surface area contributed by atoms with Crippen molar-refractivity contribution in [3.05, 3.63) is 65.7 Å². The molecular formula is C19H24N2. The Bertz CT molecular complexity index is 542. The van der Waals surface area contributed by atoms with Gasteiger partial charge in [-0.05, 0) is 48.7 Å². The molecule has 0 amide bonds. The lowest BCUT2D eigenvalue weighted by molar-refractivity contribution is 0.868. The highest BCUT2D eigenvalue weighted by molar-refractivity contribution is 5.57. The molecule has 21 heavy (non-hydrogen) atoms. The second kappa shape index (κ2) is 8.25. The Morgan fingerprint density at radius 3 is 2.29 bits per heavy atom. The van der Waals surface area contributed by atoms with Gasteiger partial charge in [-0.1, -0.05) is 42.5 Å². The van der Waals surface area contributed by atoms with Crippen LogP contribution >= 0.6 is 0 Å². The van der Waals surface area contributed by atoms with Gasteiger partial charge >= 0.3 is 0 Å². The van der Waals surface area contributed by atoms with E-state index in [-0.39, 0.29) is 0 Å². The summed E-state index contributed by atoms with van der Waals surface area (Å²) in [6, 6.07) is 19.2. The van der Waals surface area contributed by atoms with E-state index in [1.54, 1.807) is 0 Å². The van der Waals surface area contributed by atoms with Crippen molar-refractivity contribution < 1.29 is 0 Å². The number of anilines is 1. The van der Waals surface area contributed by atoms with Gasteiger partial charge in [-0.3, -0.25) is 4.99 Å². The van der Waals surface area contributed by atoms with Crippen LogP contribution in [0.3, 0.4) is 0 Å². The van der Waals surface area contributed by atoms with E-state index in [2.05, 4.69) is 78.7 Å². The molecule has 2 nitrogen and oxygen atoms in total. The average Bonchev–Trinajstić information content (AvgIpc) is 2.52. The molecule has 110 valence electrons. The van der Waals surface area contributed by atoms with Crippen LogP contribution in [0, 0.1) is 0 Å². The number of aliphatic imine (C=N–C) groups is 1. The summed E-state index contributed by atoms with van der Waals surface area (Å²) < 4.78 is 0. The van der Waals surface area contributed by atoms with E-state index >= 15 is 0 Å². The van der Waals surface area contributed by atoms with Gasteiger partial charge in [0.2, 0.25) is 0 Å². The fourth-order valence-electron chi connectivity index (χ4n) is 2.20. The van der Waals surface area contributed by atoms with Crippen molar-refractivity contribution in [1.82, 2.24) is 0 Å². The molecule has 0 atom stereocenters. The summed E-state index contributed by atoms with van der Waals surface area (Å²) in [7, 11) is 4.14. The minimum atomic E-state index is 0.790. The lowest BCUT2D eigenvalue weighted by Crippen LogP contribution is -2.08. The normalized spacial score (nSPS) is 11.0. The van der Waals surface area contributed by atoms with Crippen molar-refractivity contribution in [1.29, 1.82) is 0 Å². The lowest BCUT2D eigenvalue weighted by Gasteiger charge is -2.12. The molecule has 2 aromatic rings. The van der Waals surface area contributed by atoms with Gasteiger partial charge in [-0.25, -0.2) is 0 Å². The molecule has 0 fully saturated rings. The number of benzene rings is 2. The molecule has 2 rings (SSSR count). The maximum absolute atomic E-state index is 4.48. The van der Waals surface area contributed by atoms with Crippen LogP contribution < -0.4 is 4.90 Å². The van der Waals surface area contributed by atoms with Crippen LogP contribution in [0.4, 0.5) is 5.69 Å². The number of hydrogen-bond acceptors (Lipinski definition) is 2. The van der Waals surface area contributed by atoms with E-state index in [0.717, 1.165) is 25.8 Å². The first kappa shape index (κ1) is 15.3. The fourth-order valence-corrected chi connectivity index (χ4v) is 2.20. The Morgan fingerprint density at radius 2 is 1.62 bits per heavy atom. The van der Waals surface area contributed by atoms with Crippen molar-refractivity contribution in [3.8, 4) is 0 Å². The van der Waals surface area contributed by atoms with Crippen molar-refractivity contribution in [3.63, 3.8) is 0 Å². The molecule has 0 radical (unpaired) electrons. The molecule has 0 N–H and O–H groups in total. The third-order valence-corrected chi connectivity index (χ3v) is 3.50. The quantitative estimate of drug-likeness (QED) is 0.544. The molecule has 0 aliphatic carbocycles. The molecule has 0 aliphatic rings. The summed E-state index contributed by atoms with van der Waals surface area (Å²) in [5.74, 6) is 0. The summed E-state index contributed by atoms with van der Waals surface area (Å²) in [4.78, 5) is 6.60. The summed E-state index contributed by atoms with van der Waals surface area (Å²) in [5.41, 5.74) is 3.92. The lowest BCUT2D eigenvalue weighted by atomic mass is 10.1. The Balaban J connectivity index is 1.67. The van der Waals surface area contributed by atoms with E-state index in [4.69, 9.17) is 0 Å². The van der Waals surface area contributed by atoms with E-state index in [1.807, 2.05) is 6.07 Å².